The summed E-state index contributed by atoms with van der Waals surface area (Å²) in [5, 5.41) is 0. The van der Waals surface area contributed by atoms with Crippen LogP contribution in [-0.2, 0) is 9.59 Å². The van der Waals surface area contributed by atoms with Crippen LogP contribution in [0.1, 0.15) is 32.6 Å². The van der Waals surface area contributed by atoms with Gasteiger partial charge in [0, 0.05) is 19.3 Å². The zero-order valence-corrected chi connectivity index (χ0v) is 6.22. The average Bonchev–Trinajstić information content (AvgIpc) is 1.85. The van der Waals surface area contributed by atoms with Crippen molar-refractivity contribution in [2.24, 2.45) is 5.73 Å². The van der Waals surface area contributed by atoms with Gasteiger partial charge >= 0.3 is 0 Å². The van der Waals surface area contributed by atoms with E-state index in [1.54, 1.807) is 0 Å². The summed E-state index contributed by atoms with van der Waals surface area (Å²) in [6.07, 6.45) is 1.91. The van der Waals surface area contributed by atoms with E-state index in [2.05, 4.69) is 0 Å². The summed E-state index contributed by atoms with van der Waals surface area (Å²) < 4.78 is 0. The summed E-state index contributed by atoms with van der Waals surface area (Å²) in [4.78, 5) is 20.9. The van der Waals surface area contributed by atoms with Gasteiger partial charge in [-0.2, -0.15) is 0 Å². The number of ketones is 1. The highest BCUT2D eigenvalue weighted by molar-refractivity contribution is 5.84. The zero-order valence-electron chi connectivity index (χ0n) is 6.22. The van der Waals surface area contributed by atoms with E-state index in [4.69, 9.17) is 5.73 Å². The molecule has 0 fully saturated rings. The van der Waals surface area contributed by atoms with Crippen molar-refractivity contribution in [2.75, 3.05) is 0 Å². The van der Waals surface area contributed by atoms with Gasteiger partial charge in [0.1, 0.15) is 5.78 Å². The van der Waals surface area contributed by atoms with Crippen molar-refractivity contribution in [3.05, 3.63) is 0 Å². The molecule has 10 heavy (non-hydrogen) atoms. The third kappa shape index (κ3) is 5.28. The molecule has 0 aliphatic heterocycles. The molecule has 0 aromatic heterocycles. The molecule has 0 heterocycles. The van der Waals surface area contributed by atoms with Gasteiger partial charge < -0.3 is 5.73 Å². The molecular weight excluding hydrogens is 130 g/mol. The van der Waals surface area contributed by atoms with E-state index in [0.717, 1.165) is 6.42 Å². The predicted octanol–water partition coefficient (Wildman–Crippen LogP) is 0.621. The van der Waals surface area contributed by atoms with Crippen LogP contribution in [0.25, 0.3) is 0 Å². The highest BCUT2D eigenvalue weighted by Crippen LogP contribution is 1.96. The molecule has 1 amide bonds. The Hall–Kier alpha value is -0.860. The van der Waals surface area contributed by atoms with Crippen LogP contribution in [0, 0.1) is 0 Å². The molecule has 0 rings (SSSR count). The maximum Gasteiger partial charge on any atom is 0.217 e. The van der Waals surface area contributed by atoms with Crippen LogP contribution in [0.2, 0.25) is 0 Å². The summed E-state index contributed by atoms with van der Waals surface area (Å²) in [6, 6.07) is 0. The second kappa shape index (κ2) is 4.97. The Morgan fingerprint density at radius 1 is 1.20 bits per heavy atom. The molecule has 0 aromatic carbocycles. The fourth-order valence-electron chi connectivity index (χ4n) is 0.666. The first-order chi connectivity index (χ1) is 4.66. The molecule has 0 atom stereocenters. The van der Waals surface area contributed by atoms with E-state index in [9.17, 15) is 9.59 Å². The van der Waals surface area contributed by atoms with Crippen LogP contribution >= 0.6 is 0 Å². The molecule has 0 aliphatic rings. The summed E-state index contributed by atoms with van der Waals surface area (Å²) in [6.45, 7) is 1.93. The quantitative estimate of drug-likeness (QED) is 0.613. The Labute approximate surface area is 60.6 Å². The highest BCUT2D eigenvalue weighted by atomic mass is 16.1. The maximum atomic E-state index is 10.7. The number of nitrogens with two attached hydrogens (primary N) is 1. The zero-order chi connectivity index (χ0) is 7.98. The van der Waals surface area contributed by atoms with Crippen LogP contribution in [0.4, 0.5) is 0 Å². The fourth-order valence-corrected chi connectivity index (χ4v) is 0.666. The van der Waals surface area contributed by atoms with Crippen molar-refractivity contribution in [3.63, 3.8) is 0 Å². The first kappa shape index (κ1) is 9.14. The fraction of sp³-hybridized carbons (Fsp3) is 0.714. The van der Waals surface area contributed by atoms with Crippen molar-refractivity contribution in [3.8, 4) is 0 Å². The second-order valence-corrected chi connectivity index (χ2v) is 2.25. The van der Waals surface area contributed by atoms with Gasteiger partial charge in [0.25, 0.3) is 0 Å². The molecule has 0 spiro atoms. The SMILES string of the molecule is CCCC(=O)CCC(N)=O. The Kier molecular flexibility index (Phi) is 4.54. The summed E-state index contributed by atoms with van der Waals surface area (Å²) in [7, 11) is 0. The number of hydrogen-bond donors (Lipinski definition) is 1. The van der Waals surface area contributed by atoms with Crippen molar-refractivity contribution in [1.29, 1.82) is 0 Å². The molecule has 0 aromatic rings. The van der Waals surface area contributed by atoms with E-state index < -0.39 is 5.91 Å². The smallest absolute Gasteiger partial charge is 0.217 e. The first-order valence-corrected chi connectivity index (χ1v) is 3.46. The predicted molar refractivity (Wildman–Crippen MR) is 38.3 cm³/mol. The average molecular weight is 143 g/mol. The van der Waals surface area contributed by atoms with E-state index >= 15 is 0 Å². The second-order valence-electron chi connectivity index (χ2n) is 2.25. The van der Waals surface area contributed by atoms with Gasteiger partial charge in [0.2, 0.25) is 5.91 Å². The minimum Gasteiger partial charge on any atom is -0.370 e. The third-order valence-corrected chi connectivity index (χ3v) is 1.18. The van der Waals surface area contributed by atoms with Crippen LogP contribution in [-0.4, -0.2) is 11.7 Å². The van der Waals surface area contributed by atoms with Gasteiger partial charge in [-0.25, -0.2) is 0 Å². The monoisotopic (exact) mass is 143 g/mol. The van der Waals surface area contributed by atoms with Gasteiger partial charge in [0.15, 0.2) is 0 Å². The lowest BCUT2D eigenvalue weighted by Gasteiger charge is -1.93. The largest absolute Gasteiger partial charge is 0.370 e. The number of amides is 1. The van der Waals surface area contributed by atoms with E-state index in [0.29, 0.717) is 12.8 Å². The van der Waals surface area contributed by atoms with Crippen molar-refractivity contribution in [2.45, 2.75) is 32.6 Å². The highest BCUT2D eigenvalue weighted by Gasteiger charge is 2.01. The van der Waals surface area contributed by atoms with Crippen LogP contribution in [0.5, 0.6) is 0 Å². The van der Waals surface area contributed by atoms with E-state index in [-0.39, 0.29) is 12.2 Å². The normalized spacial score (nSPS) is 9.30. The molecule has 0 saturated heterocycles. The molecular formula is C7H13NO2. The molecule has 3 nitrogen and oxygen atoms in total. The van der Waals surface area contributed by atoms with Gasteiger partial charge in [-0.15, -0.1) is 0 Å². The molecule has 0 unspecified atom stereocenters. The van der Waals surface area contributed by atoms with Crippen molar-refractivity contribution in [1.82, 2.24) is 0 Å². The third-order valence-electron chi connectivity index (χ3n) is 1.18. The topological polar surface area (TPSA) is 60.2 Å². The van der Waals surface area contributed by atoms with Gasteiger partial charge in [-0.05, 0) is 6.42 Å². The Morgan fingerprint density at radius 2 is 1.80 bits per heavy atom. The first-order valence-electron chi connectivity index (χ1n) is 3.46. The van der Waals surface area contributed by atoms with E-state index in [1.807, 2.05) is 6.92 Å². The lowest BCUT2D eigenvalue weighted by molar-refractivity contribution is -0.123. The van der Waals surface area contributed by atoms with Crippen molar-refractivity contribution >= 4 is 11.7 Å². The number of hydrogen-bond acceptors (Lipinski definition) is 2. The molecule has 58 valence electrons. The number of primary amides is 1. The molecule has 3 heteroatoms. The Morgan fingerprint density at radius 3 is 2.20 bits per heavy atom. The number of Topliss-reactive ketones (excluding diaryl/α,β-unsaturated/α-hetero) is 1. The molecule has 0 saturated carbocycles. The van der Waals surface area contributed by atoms with Gasteiger partial charge in [-0.1, -0.05) is 6.92 Å². The molecule has 0 radical (unpaired) electrons. The minimum absolute atomic E-state index is 0.126. The van der Waals surface area contributed by atoms with Gasteiger partial charge in [0.05, 0.1) is 0 Å². The summed E-state index contributed by atoms with van der Waals surface area (Å²) >= 11 is 0. The number of carbonyl (C=O) groups excluding carboxylic acids is 2. The molecule has 0 bridgehead atoms. The summed E-state index contributed by atoms with van der Waals surface area (Å²) in [5.41, 5.74) is 4.85. The Balaban J connectivity index is 3.30. The van der Waals surface area contributed by atoms with E-state index in [1.165, 1.54) is 0 Å². The van der Waals surface area contributed by atoms with Crippen LogP contribution in [0.3, 0.4) is 0 Å². The molecule has 2 N–H and O–H groups in total. The van der Waals surface area contributed by atoms with Crippen LogP contribution in [0.15, 0.2) is 0 Å². The Bertz CT molecular complexity index is 132. The van der Waals surface area contributed by atoms with Crippen LogP contribution < -0.4 is 5.73 Å². The minimum atomic E-state index is -0.399. The number of carbonyl (C=O) groups is 2. The van der Waals surface area contributed by atoms with Gasteiger partial charge in [-0.3, -0.25) is 9.59 Å². The molecule has 0 aliphatic carbocycles. The lowest BCUT2D eigenvalue weighted by atomic mass is 10.1. The maximum absolute atomic E-state index is 10.7. The summed E-state index contributed by atoms with van der Waals surface area (Å²) in [5.74, 6) is -0.272. The number of rotatable bonds is 5. The lowest BCUT2D eigenvalue weighted by Crippen LogP contribution is -2.12. The van der Waals surface area contributed by atoms with Crippen molar-refractivity contribution < 1.29 is 9.59 Å². The standard InChI is InChI=1S/C7H13NO2/c1-2-3-6(9)4-5-7(8)10/h2-5H2,1H3,(H2,8,10).